The van der Waals surface area contributed by atoms with Crippen LogP contribution in [0.3, 0.4) is 0 Å². The van der Waals surface area contributed by atoms with Crippen molar-refractivity contribution in [3.05, 3.63) is 24.0 Å². The van der Waals surface area contributed by atoms with E-state index in [1.54, 1.807) is 6.92 Å². The first-order valence-electron chi connectivity index (χ1n) is 8.81. The van der Waals surface area contributed by atoms with Crippen molar-refractivity contribution in [2.24, 2.45) is 11.8 Å². The van der Waals surface area contributed by atoms with E-state index < -0.39 is 9.84 Å². The van der Waals surface area contributed by atoms with Crippen LogP contribution in [0.5, 0.6) is 0 Å². The first kappa shape index (κ1) is 17.5. The van der Waals surface area contributed by atoms with Crippen LogP contribution in [0.25, 0.3) is 0 Å². The van der Waals surface area contributed by atoms with E-state index in [1.165, 1.54) is 12.8 Å². The van der Waals surface area contributed by atoms with E-state index in [1.807, 2.05) is 18.3 Å². The average Bonchev–Trinajstić information content (AvgIpc) is 3.33. The number of carbonyl (C=O) groups excluding carboxylic acids is 1. The fraction of sp³-hybridized carbons (Fsp3) is 0.706. The molecule has 1 aromatic rings. The van der Waals surface area contributed by atoms with E-state index in [2.05, 4.69) is 14.8 Å². The number of rotatable bonds is 7. The van der Waals surface area contributed by atoms with E-state index in [0.717, 1.165) is 12.2 Å². The lowest BCUT2D eigenvalue weighted by molar-refractivity contribution is -0.126. The predicted molar refractivity (Wildman–Crippen MR) is 93.3 cm³/mol. The molecule has 0 radical (unpaired) electrons. The molecule has 1 saturated carbocycles. The molecule has 1 aromatic heterocycles. The highest BCUT2D eigenvalue weighted by atomic mass is 32.2. The third-order valence-corrected chi connectivity index (χ3v) is 6.68. The highest BCUT2D eigenvalue weighted by Crippen LogP contribution is 2.27. The summed E-state index contributed by atoms with van der Waals surface area (Å²) in [5, 5.41) is 3.07. The van der Waals surface area contributed by atoms with Gasteiger partial charge in [-0.3, -0.25) is 9.69 Å². The largest absolute Gasteiger partial charge is 0.355 e. The summed E-state index contributed by atoms with van der Waals surface area (Å²) < 4.78 is 25.7. The number of carbonyl (C=O) groups is 1. The highest BCUT2D eigenvalue weighted by Gasteiger charge is 2.29. The zero-order chi connectivity index (χ0) is 17.2. The Morgan fingerprint density at radius 1 is 1.33 bits per heavy atom. The van der Waals surface area contributed by atoms with Gasteiger partial charge in [-0.05, 0) is 30.9 Å². The maximum atomic E-state index is 12.5. The number of nitrogens with zero attached hydrogens (tertiary/aromatic N) is 2. The van der Waals surface area contributed by atoms with Crippen molar-refractivity contribution in [3.63, 3.8) is 0 Å². The van der Waals surface area contributed by atoms with Gasteiger partial charge in [0, 0.05) is 50.4 Å². The molecule has 2 heterocycles. The van der Waals surface area contributed by atoms with Gasteiger partial charge in [0.2, 0.25) is 5.91 Å². The van der Waals surface area contributed by atoms with Crippen LogP contribution in [0.1, 0.15) is 25.5 Å². The van der Waals surface area contributed by atoms with Crippen molar-refractivity contribution < 1.29 is 13.2 Å². The van der Waals surface area contributed by atoms with Crippen molar-refractivity contribution in [3.8, 4) is 0 Å². The molecule has 1 N–H and O–H groups in total. The number of fused-ring (bicyclic) bond motifs is 1. The molecule has 6 nitrogen and oxygen atoms in total. The van der Waals surface area contributed by atoms with Crippen LogP contribution in [-0.2, 0) is 27.7 Å². The average molecular weight is 353 g/mol. The Balaban J connectivity index is 1.66. The lowest BCUT2D eigenvalue weighted by Crippen LogP contribution is -2.40. The molecule has 1 fully saturated rings. The van der Waals surface area contributed by atoms with Crippen molar-refractivity contribution in [2.45, 2.75) is 32.9 Å². The van der Waals surface area contributed by atoms with Gasteiger partial charge in [0.05, 0.1) is 11.7 Å². The van der Waals surface area contributed by atoms with Gasteiger partial charge < -0.3 is 9.88 Å². The van der Waals surface area contributed by atoms with Crippen molar-refractivity contribution >= 4 is 15.7 Å². The van der Waals surface area contributed by atoms with Gasteiger partial charge in [0.25, 0.3) is 0 Å². The Kier molecular flexibility index (Phi) is 5.30. The minimum atomic E-state index is -2.99. The summed E-state index contributed by atoms with van der Waals surface area (Å²) in [6.45, 7) is 4.90. The SMILES string of the molecule is CCS(=O)(=O)CCN1Cc2cccn2C[C@H](C(=O)NCC2CC2)C1. The normalized spacial score (nSPS) is 22.0. The minimum absolute atomic E-state index is 0.0896. The number of sulfone groups is 1. The van der Waals surface area contributed by atoms with Gasteiger partial charge in [0.1, 0.15) is 0 Å². The highest BCUT2D eigenvalue weighted by molar-refractivity contribution is 7.91. The van der Waals surface area contributed by atoms with Gasteiger partial charge in [-0.1, -0.05) is 6.92 Å². The maximum absolute atomic E-state index is 12.5. The summed E-state index contributed by atoms with van der Waals surface area (Å²) >= 11 is 0. The molecule has 2 aliphatic rings. The lowest BCUT2D eigenvalue weighted by atomic mass is 10.1. The van der Waals surface area contributed by atoms with Crippen LogP contribution in [-0.4, -0.2) is 54.9 Å². The minimum Gasteiger partial charge on any atom is -0.355 e. The van der Waals surface area contributed by atoms with Crippen LogP contribution in [0.15, 0.2) is 18.3 Å². The quantitative estimate of drug-likeness (QED) is 0.790. The third-order valence-electron chi connectivity index (χ3n) is 5.00. The summed E-state index contributed by atoms with van der Waals surface area (Å²) in [7, 11) is -2.99. The standard InChI is InChI=1S/C17H27N3O3S/c1-2-24(22,23)9-8-19-11-15(17(21)18-10-14-5-6-14)12-20-7-3-4-16(20)13-19/h3-4,7,14-15H,2,5-6,8-13H2,1H3,(H,18,21)/t15-/m1/s1. The molecular formula is C17H27N3O3S. The monoisotopic (exact) mass is 353 g/mol. The first-order chi connectivity index (χ1) is 11.5. The summed E-state index contributed by atoms with van der Waals surface area (Å²) in [5.41, 5.74) is 1.14. The Morgan fingerprint density at radius 2 is 2.12 bits per heavy atom. The fourth-order valence-electron chi connectivity index (χ4n) is 3.13. The summed E-state index contributed by atoms with van der Waals surface area (Å²) in [6, 6.07) is 4.03. The molecule has 0 unspecified atom stereocenters. The first-order valence-corrected chi connectivity index (χ1v) is 10.6. The van der Waals surface area contributed by atoms with Crippen LogP contribution < -0.4 is 5.32 Å². The van der Waals surface area contributed by atoms with Crippen LogP contribution >= 0.6 is 0 Å². The van der Waals surface area contributed by atoms with Gasteiger partial charge in [-0.25, -0.2) is 8.42 Å². The summed E-state index contributed by atoms with van der Waals surface area (Å²) in [6.07, 6.45) is 4.43. The lowest BCUT2D eigenvalue weighted by Gasteiger charge is -2.23. The second-order valence-corrected chi connectivity index (χ2v) is 9.48. The second kappa shape index (κ2) is 7.27. The molecule has 0 saturated heterocycles. The smallest absolute Gasteiger partial charge is 0.226 e. The van der Waals surface area contributed by atoms with Crippen molar-refractivity contribution in [1.29, 1.82) is 0 Å². The summed E-state index contributed by atoms with van der Waals surface area (Å²) in [5.74, 6) is 0.935. The molecule has 1 aliphatic carbocycles. The summed E-state index contributed by atoms with van der Waals surface area (Å²) in [4.78, 5) is 14.7. The number of nitrogens with one attached hydrogen (secondary N) is 1. The molecule has 1 atom stereocenters. The second-order valence-electron chi connectivity index (χ2n) is 7.01. The maximum Gasteiger partial charge on any atom is 0.226 e. The topological polar surface area (TPSA) is 71.4 Å². The Hall–Kier alpha value is -1.34. The van der Waals surface area contributed by atoms with E-state index in [9.17, 15) is 13.2 Å². The van der Waals surface area contributed by atoms with Crippen LogP contribution in [0.2, 0.25) is 0 Å². The fourth-order valence-corrected chi connectivity index (χ4v) is 3.96. The molecule has 1 amide bonds. The Labute approximate surface area is 144 Å². The van der Waals surface area contributed by atoms with E-state index in [0.29, 0.717) is 32.1 Å². The molecule has 134 valence electrons. The van der Waals surface area contributed by atoms with Gasteiger partial charge in [-0.15, -0.1) is 0 Å². The molecule has 3 rings (SSSR count). The number of amides is 1. The molecule has 24 heavy (non-hydrogen) atoms. The Bertz CT molecular complexity index is 679. The zero-order valence-electron chi connectivity index (χ0n) is 14.3. The molecule has 0 aromatic carbocycles. The van der Waals surface area contributed by atoms with E-state index in [4.69, 9.17) is 0 Å². The van der Waals surface area contributed by atoms with Gasteiger partial charge in [-0.2, -0.15) is 0 Å². The number of hydrogen-bond donors (Lipinski definition) is 1. The van der Waals surface area contributed by atoms with Gasteiger partial charge >= 0.3 is 0 Å². The zero-order valence-corrected chi connectivity index (χ0v) is 15.1. The molecule has 0 spiro atoms. The van der Waals surface area contributed by atoms with E-state index >= 15 is 0 Å². The van der Waals surface area contributed by atoms with Crippen molar-refractivity contribution in [1.82, 2.24) is 14.8 Å². The number of hydrogen-bond acceptors (Lipinski definition) is 4. The predicted octanol–water partition coefficient (Wildman–Crippen LogP) is 0.881. The number of aromatic nitrogens is 1. The van der Waals surface area contributed by atoms with Crippen LogP contribution in [0, 0.1) is 11.8 Å². The third kappa shape index (κ3) is 4.60. The molecular weight excluding hydrogens is 326 g/mol. The molecule has 1 aliphatic heterocycles. The van der Waals surface area contributed by atoms with E-state index in [-0.39, 0.29) is 23.3 Å². The molecule has 7 heteroatoms. The van der Waals surface area contributed by atoms with Crippen molar-refractivity contribution in [2.75, 3.05) is 31.1 Å². The Morgan fingerprint density at radius 3 is 2.83 bits per heavy atom. The van der Waals surface area contributed by atoms with Gasteiger partial charge in [0.15, 0.2) is 9.84 Å². The van der Waals surface area contributed by atoms with Crippen LogP contribution in [0.4, 0.5) is 0 Å². The molecule has 0 bridgehead atoms.